The molecule has 0 bridgehead atoms. The number of thiophene rings is 1. The molecule has 0 aliphatic rings. The van der Waals surface area contributed by atoms with Gasteiger partial charge in [0.05, 0.1) is 15.5 Å². The maximum Gasteiger partial charge on any atom is 0.240 e. The fourth-order valence-corrected chi connectivity index (χ4v) is 5.01. The smallest absolute Gasteiger partial charge is 0.211 e. The highest BCUT2D eigenvalue weighted by molar-refractivity contribution is 7.89. The summed E-state index contributed by atoms with van der Waals surface area (Å²) in [6, 6.07) is 8.83. The van der Waals surface area contributed by atoms with Crippen molar-refractivity contribution in [2.75, 3.05) is 6.54 Å². The number of aromatic nitrogens is 3. The van der Waals surface area contributed by atoms with Crippen LogP contribution in [0.4, 0.5) is 4.39 Å². The van der Waals surface area contributed by atoms with Crippen LogP contribution in [-0.4, -0.2) is 29.6 Å². The number of hydrogen-bond donors (Lipinski definition) is 1. The molecule has 1 N–H and O–H groups in total. The maximum absolute atomic E-state index is 13.2. The molecular weight excluding hydrogens is 395 g/mol. The summed E-state index contributed by atoms with van der Waals surface area (Å²) in [5.74, 6) is 0.0737. The van der Waals surface area contributed by atoms with E-state index in [9.17, 15) is 12.8 Å². The fraction of sp³-hybridized carbons (Fsp3) is 0.125. The average Bonchev–Trinajstić information content (AvgIpc) is 3.32. The van der Waals surface area contributed by atoms with Gasteiger partial charge in [0.2, 0.25) is 15.0 Å². The van der Waals surface area contributed by atoms with Crippen LogP contribution in [0.3, 0.4) is 0 Å². The first kappa shape index (κ1) is 17.3. The Hall–Kier alpha value is -2.14. The van der Waals surface area contributed by atoms with Crippen molar-refractivity contribution in [2.24, 2.45) is 0 Å². The van der Waals surface area contributed by atoms with Gasteiger partial charge in [0.1, 0.15) is 5.82 Å². The van der Waals surface area contributed by atoms with Gasteiger partial charge in [-0.2, -0.15) is 4.98 Å². The molecule has 134 valence electrons. The van der Waals surface area contributed by atoms with E-state index in [-0.39, 0.29) is 11.4 Å². The van der Waals surface area contributed by atoms with Gasteiger partial charge < -0.3 is 0 Å². The van der Waals surface area contributed by atoms with Gasteiger partial charge in [0.25, 0.3) is 0 Å². The molecule has 0 spiro atoms. The van der Waals surface area contributed by atoms with Crippen molar-refractivity contribution in [1.82, 2.24) is 19.3 Å². The van der Waals surface area contributed by atoms with Crippen molar-refractivity contribution in [3.05, 3.63) is 58.7 Å². The highest BCUT2D eigenvalue weighted by Crippen LogP contribution is 2.24. The number of fused-ring (bicyclic) bond motifs is 1. The molecule has 0 aliphatic carbocycles. The van der Waals surface area contributed by atoms with Crippen LogP contribution in [0.2, 0.25) is 0 Å². The third-order valence-corrected chi connectivity index (χ3v) is 6.86. The fourth-order valence-electron chi connectivity index (χ4n) is 2.44. The molecule has 3 heterocycles. The largest absolute Gasteiger partial charge is 0.240 e. The Balaban J connectivity index is 1.48. The third-order valence-electron chi connectivity index (χ3n) is 3.67. The second-order valence-corrected chi connectivity index (χ2v) is 8.99. The summed E-state index contributed by atoms with van der Waals surface area (Å²) < 4.78 is 41.9. The number of benzene rings is 1. The third kappa shape index (κ3) is 3.40. The number of rotatable bonds is 6. The summed E-state index contributed by atoms with van der Waals surface area (Å²) in [7, 11) is -3.75. The normalized spacial score (nSPS) is 12.0. The standard InChI is InChI=1S/C16H13FN4O2S3/c17-11-3-1-4-13(9-11)26(22,23)18-7-6-12-10-25-16-19-15(20-21(12)16)14-5-2-8-24-14/h1-5,8-10,18H,6-7H2. The minimum Gasteiger partial charge on any atom is -0.211 e. The van der Waals surface area contributed by atoms with Crippen LogP contribution >= 0.6 is 22.7 Å². The minimum absolute atomic E-state index is 0.0892. The Bertz CT molecular complexity index is 1150. The summed E-state index contributed by atoms with van der Waals surface area (Å²) in [5.41, 5.74) is 0.863. The van der Waals surface area contributed by atoms with E-state index in [1.165, 1.54) is 29.5 Å². The lowest BCUT2D eigenvalue weighted by Crippen LogP contribution is -2.26. The van der Waals surface area contributed by atoms with E-state index >= 15 is 0 Å². The molecule has 4 rings (SSSR count). The van der Waals surface area contributed by atoms with Crippen molar-refractivity contribution in [3.8, 4) is 10.7 Å². The molecule has 0 fully saturated rings. The summed E-state index contributed by atoms with van der Waals surface area (Å²) in [6.45, 7) is 0.179. The van der Waals surface area contributed by atoms with E-state index in [1.54, 1.807) is 15.9 Å². The molecule has 10 heteroatoms. The Morgan fingerprint density at radius 3 is 2.85 bits per heavy atom. The zero-order valence-corrected chi connectivity index (χ0v) is 15.7. The zero-order chi connectivity index (χ0) is 18.1. The first-order valence-electron chi connectivity index (χ1n) is 7.65. The molecule has 0 aliphatic heterocycles. The van der Waals surface area contributed by atoms with Gasteiger partial charge in [-0.3, -0.25) is 0 Å². The number of hydrogen-bond acceptors (Lipinski definition) is 6. The monoisotopic (exact) mass is 408 g/mol. The highest BCUT2D eigenvalue weighted by atomic mass is 32.2. The SMILES string of the molecule is O=S(=O)(NCCc1csc2nc(-c3cccs3)nn12)c1cccc(F)c1. The van der Waals surface area contributed by atoms with E-state index in [1.807, 2.05) is 22.9 Å². The van der Waals surface area contributed by atoms with Gasteiger partial charge in [0.15, 0.2) is 5.82 Å². The molecule has 0 unspecified atom stereocenters. The van der Waals surface area contributed by atoms with Crippen LogP contribution in [0.1, 0.15) is 5.69 Å². The van der Waals surface area contributed by atoms with Gasteiger partial charge >= 0.3 is 0 Å². The lowest BCUT2D eigenvalue weighted by Gasteiger charge is -2.06. The van der Waals surface area contributed by atoms with Gasteiger partial charge in [-0.25, -0.2) is 22.0 Å². The number of nitrogens with zero attached hydrogens (tertiary/aromatic N) is 3. The van der Waals surface area contributed by atoms with Crippen LogP contribution in [0, 0.1) is 5.82 Å². The lowest BCUT2D eigenvalue weighted by molar-refractivity contribution is 0.577. The molecule has 0 atom stereocenters. The molecular formula is C16H13FN4O2S3. The van der Waals surface area contributed by atoms with E-state index in [2.05, 4.69) is 14.8 Å². The first-order chi connectivity index (χ1) is 12.5. The van der Waals surface area contributed by atoms with E-state index in [0.29, 0.717) is 12.2 Å². The van der Waals surface area contributed by atoms with Crippen LogP contribution in [0.25, 0.3) is 15.7 Å². The molecule has 26 heavy (non-hydrogen) atoms. The van der Waals surface area contributed by atoms with Crippen LogP contribution in [-0.2, 0) is 16.4 Å². The molecule has 0 radical (unpaired) electrons. The topological polar surface area (TPSA) is 76.4 Å². The summed E-state index contributed by atoms with van der Waals surface area (Å²) in [5, 5.41) is 8.37. The quantitative estimate of drug-likeness (QED) is 0.532. The highest BCUT2D eigenvalue weighted by Gasteiger charge is 2.16. The van der Waals surface area contributed by atoms with Crippen LogP contribution < -0.4 is 4.72 Å². The van der Waals surface area contributed by atoms with Gasteiger partial charge in [-0.05, 0) is 29.6 Å². The number of nitrogens with one attached hydrogen (secondary N) is 1. The van der Waals surface area contributed by atoms with E-state index < -0.39 is 15.8 Å². The molecule has 4 aromatic rings. The Kier molecular flexibility index (Phi) is 4.57. The minimum atomic E-state index is -3.75. The number of thiazole rings is 1. The predicted molar refractivity (Wildman–Crippen MR) is 99.5 cm³/mol. The second-order valence-electron chi connectivity index (χ2n) is 5.44. The number of halogens is 1. The van der Waals surface area contributed by atoms with Crippen molar-refractivity contribution >= 4 is 37.7 Å². The first-order valence-corrected chi connectivity index (χ1v) is 10.9. The van der Waals surface area contributed by atoms with Crippen molar-refractivity contribution in [1.29, 1.82) is 0 Å². The predicted octanol–water partition coefficient (Wildman–Crippen LogP) is 3.18. The maximum atomic E-state index is 13.2. The van der Waals surface area contributed by atoms with E-state index in [4.69, 9.17) is 0 Å². The molecule has 0 saturated heterocycles. The zero-order valence-electron chi connectivity index (χ0n) is 13.3. The number of sulfonamides is 1. The Labute approximate surface area is 157 Å². The van der Waals surface area contributed by atoms with Crippen molar-refractivity contribution in [2.45, 2.75) is 11.3 Å². The van der Waals surface area contributed by atoms with Crippen molar-refractivity contribution in [3.63, 3.8) is 0 Å². The van der Waals surface area contributed by atoms with Gasteiger partial charge in [-0.1, -0.05) is 12.1 Å². The second kappa shape index (κ2) is 6.88. The Morgan fingerprint density at radius 1 is 1.19 bits per heavy atom. The molecule has 1 aromatic carbocycles. The Morgan fingerprint density at radius 2 is 2.08 bits per heavy atom. The average molecular weight is 409 g/mol. The molecule has 3 aromatic heterocycles. The van der Waals surface area contributed by atoms with Gasteiger partial charge in [0, 0.05) is 18.3 Å². The van der Waals surface area contributed by atoms with Crippen LogP contribution in [0.5, 0.6) is 0 Å². The van der Waals surface area contributed by atoms with Gasteiger partial charge in [-0.15, -0.1) is 27.8 Å². The van der Waals surface area contributed by atoms with E-state index in [0.717, 1.165) is 21.6 Å². The summed E-state index contributed by atoms with van der Waals surface area (Å²) in [6.07, 6.45) is 0.446. The molecule has 0 amide bonds. The summed E-state index contributed by atoms with van der Waals surface area (Å²) in [4.78, 5) is 6.15. The lowest BCUT2D eigenvalue weighted by atomic mass is 10.3. The molecule has 6 nitrogen and oxygen atoms in total. The van der Waals surface area contributed by atoms with Crippen molar-refractivity contribution < 1.29 is 12.8 Å². The summed E-state index contributed by atoms with van der Waals surface area (Å²) >= 11 is 3.02. The van der Waals surface area contributed by atoms with Crippen LogP contribution in [0.15, 0.2) is 52.1 Å². The molecule has 0 saturated carbocycles.